The molecule has 0 aliphatic carbocycles. The highest BCUT2D eigenvalue weighted by molar-refractivity contribution is 5.90. The Bertz CT molecular complexity index is 453. The van der Waals surface area contributed by atoms with Crippen LogP contribution in [0.1, 0.15) is 18.4 Å². The highest BCUT2D eigenvalue weighted by atomic mass is 35.5. The summed E-state index contributed by atoms with van der Waals surface area (Å²) in [5, 5.41) is 2.71. The number of amides is 2. The van der Waals surface area contributed by atoms with Gasteiger partial charge in [0, 0.05) is 26.1 Å². The molecule has 20 heavy (non-hydrogen) atoms. The van der Waals surface area contributed by atoms with E-state index in [-0.39, 0.29) is 30.3 Å². The number of halogens is 1. The zero-order valence-corrected chi connectivity index (χ0v) is 12.1. The molecule has 0 radical (unpaired) electrons. The monoisotopic (exact) mass is 297 g/mol. The minimum atomic E-state index is -0.386. The SMILES string of the molecule is Cl.NCCN(Cc1ccccc1)C(=O)C1CCC(=O)N1. The first-order chi connectivity index (χ1) is 9.20. The Morgan fingerprint density at radius 3 is 2.60 bits per heavy atom. The molecule has 0 spiro atoms. The molecule has 1 aromatic carbocycles. The van der Waals surface area contributed by atoms with Crippen molar-refractivity contribution in [2.24, 2.45) is 5.73 Å². The van der Waals surface area contributed by atoms with Gasteiger partial charge in [-0.1, -0.05) is 30.3 Å². The highest BCUT2D eigenvalue weighted by Gasteiger charge is 2.30. The first kappa shape index (κ1) is 16.5. The van der Waals surface area contributed by atoms with Crippen LogP contribution in [0, 0.1) is 0 Å². The fourth-order valence-corrected chi connectivity index (χ4v) is 2.25. The average Bonchev–Trinajstić information content (AvgIpc) is 2.85. The Labute approximate surface area is 124 Å². The van der Waals surface area contributed by atoms with E-state index in [1.165, 1.54) is 0 Å². The summed E-state index contributed by atoms with van der Waals surface area (Å²) in [6.07, 6.45) is 1.01. The molecule has 1 unspecified atom stereocenters. The third kappa shape index (κ3) is 4.21. The number of carbonyl (C=O) groups excluding carboxylic acids is 2. The molecule has 1 atom stereocenters. The molecule has 0 aromatic heterocycles. The summed E-state index contributed by atoms with van der Waals surface area (Å²) in [5.74, 6) is -0.0917. The molecule has 0 saturated carbocycles. The largest absolute Gasteiger partial charge is 0.344 e. The summed E-state index contributed by atoms with van der Waals surface area (Å²) in [6.45, 7) is 1.45. The fourth-order valence-electron chi connectivity index (χ4n) is 2.25. The number of rotatable bonds is 5. The molecule has 110 valence electrons. The predicted molar refractivity (Wildman–Crippen MR) is 79.3 cm³/mol. The zero-order valence-electron chi connectivity index (χ0n) is 11.2. The number of hydrogen-bond donors (Lipinski definition) is 2. The Kier molecular flexibility index (Phi) is 6.48. The van der Waals surface area contributed by atoms with Crippen LogP contribution in [0.25, 0.3) is 0 Å². The summed E-state index contributed by atoms with van der Waals surface area (Å²) in [6, 6.07) is 9.39. The quantitative estimate of drug-likeness (QED) is 0.839. The number of nitrogens with one attached hydrogen (secondary N) is 1. The molecule has 2 rings (SSSR count). The summed E-state index contributed by atoms with van der Waals surface area (Å²) < 4.78 is 0. The smallest absolute Gasteiger partial charge is 0.245 e. The van der Waals surface area contributed by atoms with Crippen molar-refractivity contribution in [1.82, 2.24) is 10.2 Å². The van der Waals surface area contributed by atoms with Gasteiger partial charge < -0.3 is 16.0 Å². The van der Waals surface area contributed by atoms with E-state index in [0.29, 0.717) is 32.5 Å². The van der Waals surface area contributed by atoms with E-state index in [2.05, 4.69) is 5.32 Å². The first-order valence-corrected chi connectivity index (χ1v) is 6.53. The van der Waals surface area contributed by atoms with E-state index in [1.807, 2.05) is 30.3 Å². The number of hydrogen-bond acceptors (Lipinski definition) is 3. The van der Waals surface area contributed by atoms with Crippen molar-refractivity contribution in [3.63, 3.8) is 0 Å². The number of benzene rings is 1. The van der Waals surface area contributed by atoms with Crippen LogP contribution in [0.5, 0.6) is 0 Å². The van der Waals surface area contributed by atoms with E-state index in [4.69, 9.17) is 5.73 Å². The van der Waals surface area contributed by atoms with Gasteiger partial charge in [-0.2, -0.15) is 0 Å². The van der Waals surface area contributed by atoms with Gasteiger partial charge in [0.25, 0.3) is 0 Å². The molecule has 5 nitrogen and oxygen atoms in total. The van der Waals surface area contributed by atoms with Crippen LogP contribution in [0.3, 0.4) is 0 Å². The van der Waals surface area contributed by atoms with Crippen molar-refractivity contribution in [2.75, 3.05) is 13.1 Å². The fraction of sp³-hybridized carbons (Fsp3) is 0.429. The Morgan fingerprint density at radius 2 is 2.05 bits per heavy atom. The van der Waals surface area contributed by atoms with Crippen molar-refractivity contribution < 1.29 is 9.59 Å². The van der Waals surface area contributed by atoms with Crippen molar-refractivity contribution in [2.45, 2.75) is 25.4 Å². The zero-order chi connectivity index (χ0) is 13.7. The maximum absolute atomic E-state index is 12.3. The van der Waals surface area contributed by atoms with E-state index in [0.717, 1.165) is 5.56 Å². The Hall–Kier alpha value is -1.59. The summed E-state index contributed by atoms with van der Waals surface area (Å²) >= 11 is 0. The van der Waals surface area contributed by atoms with Gasteiger partial charge in [0.15, 0.2) is 0 Å². The normalized spacial score (nSPS) is 17.2. The van der Waals surface area contributed by atoms with Crippen LogP contribution in [0.4, 0.5) is 0 Å². The van der Waals surface area contributed by atoms with Gasteiger partial charge in [0.1, 0.15) is 6.04 Å². The van der Waals surface area contributed by atoms with Crippen LogP contribution in [-0.2, 0) is 16.1 Å². The van der Waals surface area contributed by atoms with Gasteiger partial charge in [-0.3, -0.25) is 9.59 Å². The number of nitrogens with two attached hydrogens (primary N) is 1. The highest BCUT2D eigenvalue weighted by Crippen LogP contribution is 2.12. The van der Waals surface area contributed by atoms with Gasteiger partial charge in [-0.25, -0.2) is 0 Å². The van der Waals surface area contributed by atoms with Crippen LogP contribution >= 0.6 is 12.4 Å². The topological polar surface area (TPSA) is 75.4 Å². The molecule has 1 heterocycles. The lowest BCUT2D eigenvalue weighted by Gasteiger charge is -2.25. The van der Waals surface area contributed by atoms with Gasteiger partial charge in [0.05, 0.1) is 0 Å². The van der Waals surface area contributed by atoms with Crippen molar-refractivity contribution in [3.8, 4) is 0 Å². The van der Waals surface area contributed by atoms with Crippen molar-refractivity contribution >= 4 is 24.2 Å². The molecule has 1 fully saturated rings. The van der Waals surface area contributed by atoms with Crippen molar-refractivity contribution in [1.29, 1.82) is 0 Å². The standard InChI is InChI=1S/C14H19N3O2.ClH/c15-8-9-17(10-11-4-2-1-3-5-11)14(19)12-6-7-13(18)16-12;/h1-5,12H,6-10,15H2,(H,16,18);1H. The molecule has 0 bridgehead atoms. The van der Waals surface area contributed by atoms with E-state index in [9.17, 15) is 9.59 Å². The molecular formula is C14H20ClN3O2. The lowest BCUT2D eigenvalue weighted by Crippen LogP contribution is -2.45. The second kappa shape index (κ2) is 7.87. The molecule has 6 heteroatoms. The minimum Gasteiger partial charge on any atom is -0.344 e. The summed E-state index contributed by atoms with van der Waals surface area (Å²) in [4.78, 5) is 25.2. The van der Waals surface area contributed by atoms with E-state index in [1.54, 1.807) is 4.90 Å². The molecule has 1 aliphatic rings. The van der Waals surface area contributed by atoms with Crippen LogP contribution in [0.2, 0.25) is 0 Å². The van der Waals surface area contributed by atoms with Crippen molar-refractivity contribution in [3.05, 3.63) is 35.9 Å². The van der Waals surface area contributed by atoms with Gasteiger partial charge in [-0.15, -0.1) is 12.4 Å². The molecule has 1 aliphatic heterocycles. The first-order valence-electron chi connectivity index (χ1n) is 6.53. The van der Waals surface area contributed by atoms with Gasteiger partial charge in [-0.05, 0) is 12.0 Å². The second-order valence-electron chi connectivity index (χ2n) is 4.69. The maximum atomic E-state index is 12.3. The van der Waals surface area contributed by atoms with Gasteiger partial charge >= 0.3 is 0 Å². The third-order valence-electron chi connectivity index (χ3n) is 3.22. The number of nitrogens with zero attached hydrogens (tertiary/aromatic N) is 1. The molecule has 1 aromatic rings. The van der Waals surface area contributed by atoms with E-state index < -0.39 is 0 Å². The Morgan fingerprint density at radius 1 is 1.35 bits per heavy atom. The molecular weight excluding hydrogens is 278 g/mol. The van der Waals surface area contributed by atoms with Gasteiger partial charge in [0.2, 0.25) is 11.8 Å². The second-order valence-corrected chi connectivity index (χ2v) is 4.69. The third-order valence-corrected chi connectivity index (χ3v) is 3.22. The maximum Gasteiger partial charge on any atom is 0.245 e. The average molecular weight is 298 g/mol. The predicted octanol–water partition coefficient (Wildman–Crippen LogP) is 0.674. The lowest BCUT2D eigenvalue weighted by molar-refractivity contribution is -0.134. The number of carbonyl (C=O) groups is 2. The minimum absolute atomic E-state index is 0. The molecule has 1 saturated heterocycles. The summed E-state index contributed by atoms with van der Waals surface area (Å²) in [5.41, 5.74) is 6.63. The summed E-state index contributed by atoms with van der Waals surface area (Å²) in [7, 11) is 0. The molecule has 2 amide bonds. The lowest BCUT2D eigenvalue weighted by atomic mass is 10.1. The molecule has 3 N–H and O–H groups in total. The van der Waals surface area contributed by atoms with Crippen LogP contribution < -0.4 is 11.1 Å². The Balaban J connectivity index is 0.00000200. The van der Waals surface area contributed by atoms with Crippen LogP contribution in [0.15, 0.2) is 30.3 Å². The van der Waals surface area contributed by atoms with E-state index >= 15 is 0 Å². The van der Waals surface area contributed by atoms with Crippen LogP contribution in [-0.4, -0.2) is 35.8 Å².